The van der Waals surface area contributed by atoms with E-state index in [9.17, 15) is 23.5 Å². The average Bonchev–Trinajstić information content (AvgIpc) is 2.63. The van der Waals surface area contributed by atoms with Gasteiger partial charge in [-0.25, -0.2) is 13.6 Å². The zero-order valence-electron chi connectivity index (χ0n) is 13.6. The molecule has 0 aromatic heterocycles. The molecule has 0 radical (unpaired) electrons. The fraction of sp³-hybridized carbons (Fsp3) is 0.100. The lowest BCUT2D eigenvalue weighted by Gasteiger charge is -2.16. The minimum atomic E-state index is -1.31. The van der Waals surface area contributed by atoms with Crippen LogP contribution in [-0.4, -0.2) is 23.0 Å². The zero-order chi connectivity index (χ0) is 18.7. The van der Waals surface area contributed by atoms with Gasteiger partial charge in [-0.3, -0.25) is 4.79 Å². The Balaban J connectivity index is 1.87. The normalized spacial score (nSPS) is 11.9. The number of carboxylic acids is 1. The van der Waals surface area contributed by atoms with Crippen LogP contribution in [0.2, 0.25) is 0 Å². The summed E-state index contributed by atoms with van der Waals surface area (Å²) < 4.78 is 27.0. The molecule has 1 amide bonds. The number of halogens is 2. The summed E-state index contributed by atoms with van der Waals surface area (Å²) in [5.41, 5.74) is 0.199. The first kappa shape index (κ1) is 17.5. The van der Waals surface area contributed by atoms with Crippen molar-refractivity contribution in [1.82, 2.24) is 5.32 Å². The Morgan fingerprint density at radius 2 is 1.65 bits per heavy atom. The maximum Gasteiger partial charge on any atom is 0.326 e. The lowest BCUT2D eigenvalue weighted by atomic mass is 9.98. The summed E-state index contributed by atoms with van der Waals surface area (Å²) in [7, 11) is 0. The molecule has 6 heteroatoms. The topological polar surface area (TPSA) is 66.4 Å². The molecule has 0 bridgehead atoms. The Morgan fingerprint density at radius 3 is 2.42 bits per heavy atom. The van der Waals surface area contributed by atoms with Crippen molar-refractivity contribution >= 4 is 22.6 Å². The van der Waals surface area contributed by atoms with Crippen LogP contribution in [0.4, 0.5) is 8.78 Å². The van der Waals surface area contributed by atoms with Gasteiger partial charge >= 0.3 is 5.97 Å². The van der Waals surface area contributed by atoms with Gasteiger partial charge < -0.3 is 10.4 Å². The molecule has 2 N–H and O–H groups in total. The van der Waals surface area contributed by atoms with Gasteiger partial charge in [0.2, 0.25) is 0 Å². The van der Waals surface area contributed by atoms with E-state index in [0.29, 0.717) is 0 Å². The third kappa shape index (κ3) is 3.54. The Morgan fingerprint density at radius 1 is 0.962 bits per heavy atom. The monoisotopic (exact) mass is 355 g/mol. The van der Waals surface area contributed by atoms with Crippen LogP contribution in [0.1, 0.15) is 15.9 Å². The van der Waals surface area contributed by atoms with E-state index in [-0.39, 0.29) is 6.42 Å². The minimum Gasteiger partial charge on any atom is -0.480 e. The molecule has 3 aromatic rings. The number of fused-ring (bicyclic) bond motifs is 1. The summed E-state index contributed by atoms with van der Waals surface area (Å²) in [4.78, 5) is 23.8. The van der Waals surface area contributed by atoms with Crippen LogP contribution in [0.3, 0.4) is 0 Å². The number of aliphatic carboxylic acids is 1. The van der Waals surface area contributed by atoms with Crippen LogP contribution in [0.25, 0.3) is 10.8 Å². The molecule has 132 valence electrons. The summed E-state index contributed by atoms with van der Waals surface area (Å²) in [6, 6.07) is 14.8. The van der Waals surface area contributed by atoms with E-state index >= 15 is 0 Å². The van der Waals surface area contributed by atoms with Crippen LogP contribution in [0.15, 0.2) is 60.7 Å². The van der Waals surface area contributed by atoms with Crippen LogP contribution in [0, 0.1) is 11.6 Å². The molecular weight excluding hydrogens is 340 g/mol. The second-order valence-electron chi connectivity index (χ2n) is 5.81. The van der Waals surface area contributed by atoms with Gasteiger partial charge in [-0.1, -0.05) is 48.5 Å². The highest BCUT2D eigenvalue weighted by Crippen LogP contribution is 2.20. The lowest BCUT2D eigenvalue weighted by molar-refractivity contribution is -0.139. The van der Waals surface area contributed by atoms with E-state index in [0.717, 1.165) is 28.5 Å². The predicted molar refractivity (Wildman–Crippen MR) is 92.9 cm³/mol. The quantitative estimate of drug-likeness (QED) is 0.736. The third-order valence-electron chi connectivity index (χ3n) is 4.10. The van der Waals surface area contributed by atoms with E-state index < -0.39 is 35.1 Å². The Kier molecular flexibility index (Phi) is 4.93. The number of carbonyl (C=O) groups excluding carboxylic acids is 1. The Bertz CT molecular complexity index is 982. The number of benzene rings is 3. The van der Waals surface area contributed by atoms with Crippen molar-refractivity contribution in [3.63, 3.8) is 0 Å². The molecule has 4 nitrogen and oxygen atoms in total. The standard InChI is InChI=1S/C20H15F2NO3/c21-16-10-4-9-15(18(16)22)19(24)23-17(20(25)26)11-13-7-3-6-12-5-1-2-8-14(12)13/h1-10,17H,11H2,(H,23,24)(H,25,26)/t17-/m1/s1. The number of nitrogens with one attached hydrogen (secondary N) is 1. The van der Waals surface area contributed by atoms with Crippen LogP contribution in [0.5, 0.6) is 0 Å². The van der Waals surface area contributed by atoms with Crippen molar-refractivity contribution in [2.45, 2.75) is 12.5 Å². The number of amides is 1. The molecule has 0 fully saturated rings. The van der Waals surface area contributed by atoms with E-state index in [1.165, 1.54) is 6.07 Å². The molecule has 0 heterocycles. The van der Waals surface area contributed by atoms with Gasteiger partial charge in [-0.2, -0.15) is 0 Å². The summed E-state index contributed by atoms with van der Waals surface area (Å²) in [5, 5.41) is 13.5. The zero-order valence-corrected chi connectivity index (χ0v) is 13.6. The fourth-order valence-electron chi connectivity index (χ4n) is 2.81. The second kappa shape index (κ2) is 7.31. The van der Waals surface area contributed by atoms with Crippen molar-refractivity contribution in [3.8, 4) is 0 Å². The van der Waals surface area contributed by atoms with Crippen molar-refractivity contribution in [3.05, 3.63) is 83.4 Å². The molecule has 1 atom stereocenters. The molecule has 0 aliphatic carbocycles. The first-order valence-corrected chi connectivity index (χ1v) is 7.91. The Hall–Kier alpha value is -3.28. The van der Waals surface area contributed by atoms with Gasteiger partial charge in [0.15, 0.2) is 11.6 Å². The first-order valence-electron chi connectivity index (χ1n) is 7.91. The molecule has 0 saturated carbocycles. The highest BCUT2D eigenvalue weighted by atomic mass is 19.2. The number of rotatable bonds is 5. The van der Waals surface area contributed by atoms with Gasteiger partial charge in [0.1, 0.15) is 6.04 Å². The van der Waals surface area contributed by atoms with E-state index in [1.807, 2.05) is 30.3 Å². The van der Waals surface area contributed by atoms with Crippen LogP contribution < -0.4 is 5.32 Å². The van der Waals surface area contributed by atoms with Gasteiger partial charge in [-0.05, 0) is 28.5 Å². The van der Waals surface area contributed by atoms with Gasteiger partial charge in [0.25, 0.3) is 5.91 Å². The molecule has 0 aliphatic heterocycles. The van der Waals surface area contributed by atoms with Crippen molar-refractivity contribution in [1.29, 1.82) is 0 Å². The van der Waals surface area contributed by atoms with E-state index in [1.54, 1.807) is 12.1 Å². The largest absolute Gasteiger partial charge is 0.480 e. The highest BCUT2D eigenvalue weighted by Gasteiger charge is 2.24. The lowest BCUT2D eigenvalue weighted by Crippen LogP contribution is -2.42. The average molecular weight is 355 g/mol. The Labute approximate surface area is 148 Å². The smallest absolute Gasteiger partial charge is 0.326 e. The van der Waals surface area contributed by atoms with E-state index in [2.05, 4.69) is 5.32 Å². The molecule has 0 aliphatic rings. The highest BCUT2D eigenvalue weighted by molar-refractivity contribution is 5.97. The number of carboxylic acid groups (broad SMARTS) is 1. The van der Waals surface area contributed by atoms with Crippen molar-refractivity contribution < 1.29 is 23.5 Å². The number of hydrogen-bond acceptors (Lipinski definition) is 2. The summed E-state index contributed by atoms with van der Waals surface area (Å²) >= 11 is 0. The maximum atomic E-state index is 13.8. The van der Waals surface area contributed by atoms with Gasteiger partial charge in [0.05, 0.1) is 5.56 Å². The predicted octanol–water partition coefficient (Wildman–Crippen LogP) is 3.54. The van der Waals surface area contributed by atoms with Crippen molar-refractivity contribution in [2.24, 2.45) is 0 Å². The van der Waals surface area contributed by atoms with Gasteiger partial charge in [0, 0.05) is 6.42 Å². The molecule has 0 unspecified atom stereocenters. The molecule has 26 heavy (non-hydrogen) atoms. The number of hydrogen-bond donors (Lipinski definition) is 2. The SMILES string of the molecule is O=C(N[C@H](Cc1cccc2ccccc12)C(=O)O)c1cccc(F)c1F. The van der Waals surface area contributed by atoms with Crippen LogP contribution in [-0.2, 0) is 11.2 Å². The summed E-state index contributed by atoms with van der Waals surface area (Å²) in [6.07, 6.45) is 0.0133. The molecule has 3 rings (SSSR count). The van der Waals surface area contributed by atoms with Gasteiger partial charge in [-0.15, -0.1) is 0 Å². The third-order valence-corrected chi connectivity index (χ3v) is 4.10. The van der Waals surface area contributed by atoms with Crippen LogP contribution >= 0.6 is 0 Å². The van der Waals surface area contributed by atoms with Crippen molar-refractivity contribution in [2.75, 3.05) is 0 Å². The molecule has 0 spiro atoms. The molecular formula is C20H15F2NO3. The summed E-state index contributed by atoms with van der Waals surface area (Å²) in [5.74, 6) is -4.71. The second-order valence-corrected chi connectivity index (χ2v) is 5.81. The van der Waals surface area contributed by atoms with E-state index in [4.69, 9.17) is 0 Å². The molecule has 0 saturated heterocycles. The first-order chi connectivity index (χ1) is 12.5. The number of carbonyl (C=O) groups is 2. The fourth-order valence-corrected chi connectivity index (χ4v) is 2.81. The summed E-state index contributed by atoms with van der Waals surface area (Å²) in [6.45, 7) is 0. The minimum absolute atomic E-state index is 0.0133. The maximum absolute atomic E-state index is 13.8. The molecule has 3 aromatic carbocycles.